The summed E-state index contributed by atoms with van der Waals surface area (Å²) in [4.78, 5) is 45.5. The average Bonchev–Trinajstić information content (AvgIpc) is 3.45. The quantitative estimate of drug-likeness (QED) is 0.265. The number of Topliss-reactive ketones (excluding diaryl/α,β-unsaturated/α-hetero) is 1. The summed E-state index contributed by atoms with van der Waals surface area (Å²) in [5.74, 6) is 0.146. The van der Waals surface area contributed by atoms with Crippen molar-refractivity contribution in [1.82, 2.24) is 15.1 Å². The Kier molecular flexibility index (Phi) is 8.84. The Bertz CT molecular complexity index is 1900. The number of ether oxygens (including phenoxy) is 1. The molecular formula is C40H40ClN3O5. The van der Waals surface area contributed by atoms with E-state index in [2.05, 4.69) is 5.32 Å². The highest BCUT2D eigenvalue weighted by molar-refractivity contribution is 6.31. The molecule has 0 fully saturated rings. The van der Waals surface area contributed by atoms with Crippen molar-refractivity contribution in [3.05, 3.63) is 135 Å². The highest BCUT2D eigenvalue weighted by Gasteiger charge is 2.45. The van der Waals surface area contributed by atoms with E-state index in [9.17, 15) is 19.5 Å². The van der Waals surface area contributed by atoms with Crippen LogP contribution >= 0.6 is 11.6 Å². The van der Waals surface area contributed by atoms with Gasteiger partial charge in [-0.1, -0.05) is 92.2 Å². The molecular weight excluding hydrogens is 638 g/mol. The third-order valence-electron chi connectivity index (χ3n) is 9.78. The number of carbonyl (C=O) groups excluding carboxylic acids is 3. The summed E-state index contributed by atoms with van der Waals surface area (Å²) >= 11 is 7.05. The number of halogens is 1. The van der Waals surface area contributed by atoms with Crippen LogP contribution in [0.3, 0.4) is 0 Å². The van der Waals surface area contributed by atoms with Gasteiger partial charge in [0.2, 0.25) is 11.8 Å². The Morgan fingerprint density at radius 2 is 1.65 bits per heavy atom. The second-order valence-corrected chi connectivity index (χ2v) is 14.5. The maximum absolute atomic E-state index is 14.6. The maximum atomic E-state index is 14.6. The molecule has 0 spiro atoms. The minimum Gasteiger partial charge on any atom is -0.510 e. The molecule has 0 aromatic heterocycles. The molecule has 2 aliphatic heterocycles. The number of nitrogens with zero attached hydrogens (tertiary/aromatic N) is 2. The predicted octanol–water partition coefficient (Wildman–Crippen LogP) is 7.81. The van der Waals surface area contributed by atoms with E-state index < -0.39 is 6.04 Å². The summed E-state index contributed by atoms with van der Waals surface area (Å²) < 4.78 is 6.06. The van der Waals surface area contributed by atoms with E-state index in [-0.39, 0.29) is 41.6 Å². The normalized spacial score (nSPS) is 19.8. The van der Waals surface area contributed by atoms with Gasteiger partial charge in [0.1, 0.15) is 23.8 Å². The summed E-state index contributed by atoms with van der Waals surface area (Å²) in [6, 6.07) is 22.2. The van der Waals surface area contributed by atoms with Crippen LogP contribution in [0.2, 0.25) is 5.02 Å². The van der Waals surface area contributed by atoms with Crippen LogP contribution in [0.15, 0.2) is 107 Å². The fourth-order valence-corrected chi connectivity index (χ4v) is 7.67. The summed E-state index contributed by atoms with van der Waals surface area (Å²) in [7, 11) is 0. The summed E-state index contributed by atoms with van der Waals surface area (Å²) in [5.41, 5.74) is 5.49. The molecule has 3 aromatic carbocycles. The molecule has 0 bridgehead atoms. The van der Waals surface area contributed by atoms with Crippen LogP contribution in [0.25, 0.3) is 0 Å². The Morgan fingerprint density at radius 3 is 2.37 bits per heavy atom. The molecule has 4 aliphatic rings. The first kappa shape index (κ1) is 32.7. The number of rotatable bonds is 7. The van der Waals surface area contributed by atoms with Gasteiger partial charge in [-0.05, 0) is 52.6 Å². The number of amides is 2. The number of aliphatic hydroxyl groups is 1. The van der Waals surface area contributed by atoms with Gasteiger partial charge in [-0.25, -0.2) is 0 Å². The Morgan fingerprint density at radius 1 is 0.959 bits per heavy atom. The first-order chi connectivity index (χ1) is 23.6. The molecule has 2 heterocycles. The number of carbonyl (C=O) groups is 3. The smallest absolute Gasteiger partial charge is 0.228 e. The lowest BCUT2D eigenvalue weighted by molar-refractivity contribution is -0.137. The van der Waals surface area contributed by atoms with Crippen LogP contribution in [0.5, 0.6) is 5.75 Å². The lowest BCUT2D eigenvalue weighted by Crippen LogP contribution is -2.39. The van der Waals surface area contributed by atoms with Crippen LogP contribution in [-0.4, -0.2) is 32.5 Å². The number of aliphatic hydroxyl groups excluding tert-OH is 1. The first-order valence-corrected chi connectivity index (χ1v) is 17.2. The number of ketones is 1. The number of hydrogen-bond acceptors (Lipinski definition) is 6. The van der Waals surface area contributed by atoms with Gasteiger partial charge in [-0.15, -0.1) is 0 Å². The van der Waals surface area contributed by atoms with E-state index in [0.29, 0.717) is 84.4 Å². The first-order valence-electron chi connectivity index (χ1n) is 16.9. The number of allylic oxidation sites excluding steroid dienone is 3. The van der Waals surface area contributed by atoms with E-state index in [1.54, 1.807) is 21.9 Å². The van der Waals surface area contributed by atoms with E-state index in [0.717, 1.165) is 16.7 Å². The zero-order valence-electron chi connectivity index (χ0n) is 27.8. The summed E-state index contributed by atoms with van der Waals surface area (Å²) in [6.45, 7) is 5.46. The topological polar surface area (TPSA) is 99.2 Å². The third-order valence-corrected chi connectivity index (χ3v) is 10.1. The van der Waals surface area contributed by atoms with Crippen molar-refractivity contribution in [2.75, 3.05) is 0 Å². The van der Waals surface area contributed by atoms with E-state index in [4.69, 9.17) is 16.3 Å². The fraction of sp³-hybridized carbons (Fsp3) is 0.325. The minimum atomic E-state index is -0.880. The molecule has 2 N–H and O–H groups in total. The SMILES string of the molecule is CC1(C)CC(=O)C2=C(C1)NC1=C(O)CCC=C1N(C(=O)CCC(=O)N1Cc3ccccc3C1)C2c1ccc(OCc2ccccc2)cc1Cl. The van der Waals surface area contributed by atoms with E-state index in [1.807, 2.05) is 80.6 Å². The molecule has 1 unspecified atom stereocenters. The van der Waals surface area contributed by atoms with Gasteiger partial charge >= 0.3 is 0 Å². The second-order valence-electron chi connectivity index (χ2n) is 14.1. The van der Waals surface area contributed by atoms with Crippen molar-refractivity contribution in [1.29, 1.82) is 0 Å². The Hall–Kier alpha value is -4.82. The minimum absolute atomic E-state index is 0.00859. The zero-order valence-corrected chi connectivity index (χ0v) is 28.6. The summed E-state index contributed by atoms with van der Waals surface area (Å²) in [6.07, 6.45) is 3.60. The van der Waals surface area contributed by atoms with Gasteiger partial charge in [-0.2, -0.15) is 0 Å². The zero-order chi connectivity index (χ0) is 34.3. The molecule has 0 saturated heterocycles. The van der Waals surface area contributed by atoms with Crippen molar-refractivity contribution in [2.45, 2.75) is 78.1 Å². The number of nitrogens with one attached hydrogen (secondary N) is 1. The molecule has 8 nitrogen and oxygen atoms in total. The number of benzene rings is 3. The maximum Gasteiger partial charge on any atom is 0.228 e. The van der Waals surface area contributed by atoms with Crippen LogP contribution in [0.1, 0.15) is 80.7 Å². The molecule has 1 atom stereocenters. The molecule has 2 aliphatic carbocycles. The Balaban J connectivity index is 1.25. The Labute approximate surface area is 291 Å². The number of fused-ring (bicyclic) bond motifs is 2. The molecule has 9 heteroatoms. The average molecular weight is 678 g/mol. The lowest BCUT2D eigenvalue weighted by atomic mass is 9.73. The van der Waals surface area contributed by atoms with Crippen LogP contribution in [-0.2, 0) is 34.1 Å². The third kappa shape index (κ3) is 6.62. The van der Waals surface area contributed by atoms with Gasteiger partial charge < -0.3 is 20.1 Å². The summed E-state index contributed by atoms with van der Waals surface area (Å²) in [5, 5.41) is 14.9. The fourth-order valence-electron chi connectivity index (χ4n) is 7.39. The van der Waals surface area contributed by atoms with Gasteiger partial charge in [0.25, 0.3) is 0 Å². The molecule has 0 radical (unpaired) electrons. The van der Waals surface area contributed by atoms with Crippen molar-refractivity contribution in [3.63, 3.8) is 0 Å². The van der Waals surface area contributed by atoms with Crippen LogP contribution in [0, 0.1) is 5.41 Å². The van der Waals surface area contributed by atoms with Gasteiger partial charge in [0.05, 0.1) is 11.7 Å². The molecule has 49 heavy (non-hydrogen) atoms. The van der Waals surface area contributed by atoms with Gasteiger partial charge in [0, 0.05) is 55.1 Å². The molecule has 7 rings (SSSR count). The van der Waals surface area contributed by atoms with Crippen molar-refractivity contribution in [3.8, 4) is 5.75 Å². The lowest BCUT2D eigenvalue weighted by Gasteiger charge is -2.37. The predicted molar refractivity (Wildman–Crippen MR) is 187 cm³/mol. The monoisotopic (exact) mass is 677 g/mol. The molecule has 252 valence electrons. The standard InChI is InChI=1S/C40H40ClN3O5/c1-40(2)20-31-37(34(46)21-40)39(29-16-15-28(19-30(29)41)49-24-25-9-4-3-5-10-25)44(32-13-8-14-33(45)38(32)42-31)36(48)18-17-35(47)43-22-26-11-6-7-12-27(26)23-43/h3-7,9-13,15-16,19,39,42,45H,8,14,17-18,20-24H2,1-2H3. The van der Waals surface area contributed by atoms with Gasteiger partial charge in [0.15, 0.2) is 5.78 Å². The highest BCUT2D eigenvalue weighted by atomic mass is 35.5. The van der Waals surface area contributed by atoms with Crippen molar-refractivity contribution < 1.29 is 24.2 Å². The van der Waals surface area contributed by atoms with Gasteiger partial charge in [-0.3, -0.25) is 19.3 Å². The van der Waals surface area contributed by atoms with Crippen LogP contribution < -0.4 is 10.1 Å². The van der Waals surface area contributed by atoms with E-state index in [1.165, 1.54) is 0 Å². The van der Waals surface area contributed by atoms with Crippen molar-refractivity contribution >= 4 is 29.2 Å². The second kappa shape index (κ2) is 13.2. The largest absolute Gasteiger partial charge is 0.510 e. The molecule has 2 amide bonds. The van der Waals surface area contributed by atoms with Crippen molar-refractivity contribution in [2.24, 2.45) is 5.41 Å². The van der Waals surface area contributed by atoms with E-state index >= 15 is 0 Å². The molecule has 0 saturated carbocycles. The number of hydrogen-bond donors (Lipinski definition) is 2. The molecule has 3 aromatic rings. The highest BCUT2D eigenvalue weighted by Crippen LogP contribution is 2.49. The van der Waals surface area contributed by atoms with Crippen LogP contribution in [0.4, 0.5) is 0 Å².